The van der Waals surface area contributed by atoms with Gasteiger partial charge in [0, 0.05) is 23.3 Å². The highest BCUT2D eigenvalue weighted by molar-refractivity contribution is 6.30. The minimum Gasteiger partial charge on any atom is -0.481 e. The molecule has 1 aromatic heterocycles. The molecule has 1 heterocycles. The van der Waals surface area contributed by atoms with E-state index in [1.54, 1.807) is 43.5 Å². The molecule has 0 amide bonds. The molecule has 0 saturated carbocycles. The third kappa shape index (κ3) is 4.67. The standard InChI is InChI=1S/C17H17Cl2NO3/c1-10(17(22)23)6-15(12-7-14(19)9-20-8-12)16(21)11-2-4-13(18)5-3-11/h2-5,7-10,15-16,21H,6H2,1H3,(H,22,23)/t10?,15-,16+/m0/s1. The minimum atomic E-state index is -0.909. The van der Waals surface area contributed by atoms with Crippen LogP contribution in [0.4, 0.5) is 0 Å². The second-order valence-electron chi connectivity index (χ2n) is 5.51. The monoisotopic (exact) mass is 353 g/mol. The zero-order valence-corrected chi connectivity index (χ0v) is 14.0. The lowest BCUT2D eigenvalue weighted by atomic mass is 9.83. The zero-order valence-electron chi connectivity index (χ0n) is 12.5. The van der Waals surface area contributed by atoms with E-state index in [4.69, 9.17) is 23.2 Å². The van der Waals surface area contributed by atoms with Crippen LogP contribution < -0.4 is 0 Å². The molecular formula is C17H17Cl2NO3. The van der Waals surface area contributed by atoms with Crippen LogP contribution in [0.15, 0.2) is 42.7 Å². The van der Waals surface area contributed by atoms with Crippen LogP contribution in [0.3, 0.4) is 0 Å². The molecule has 3 atom stereocenters. The molecule has 6 heteroatoms. The Morgan fingerprint density at radius 3 is 2.35 bits per heavy atom. The number of benzene rings is 1. The van der Waals surface area contributed by atoms with E-state index in [0.29, 0.717) is 21.2 Å². The van der Waals surface area contributed by atoms with Crippen LogP contribution >= 0.6 is 23.2 Å². The summed E-state index contributed by atoms with van der Waals surface area (Å²) in [6, 6.07) is 8.53. The van der Waals surface area contributed by atoms with Crippen molar-refractivity contribution in [3.05, 3.63) is 63.9 Å². The molecular weight excluding hydrogens is 337 g/mol. The number of carboxylic acid groups (broad SMARTS) is 1. The minimum absolute atomic E-state index is 0.265. The summed E-state index contributed by atoms with van der Waals surface area (Å²) >= 11 is 11.9. The van der Waals surface area contributed by atoms with Crippen molar-refractivity contribution in [2.45, 2.75) is 25.4 Å². The summed E-state index contributed by atoms with van der Waals surface area (Å²) in [6.07, 6.45) is 2.48. The maximum atomic E-state index is 11.2. The summed E-state index contributed by atoms with van der Waals surface area (Å²) in [6.45, 7) is 1.61. The highest BCUT2D eigenvalue weighted by Gasteiger charge is 2.27. The normalized spacial score (nSPS) is 15.0. The third-order valence-electron chi connectivity index (χ3n) is 3.78. The van der Waals surface area contributed by atoms with E-state index in [-0.39, 0.29) is 6.42 Å². The molecule has 0 fully saturated rings. The molecule has 0 aliphatic rings. The molecule has 1 aromatic carbocycles. The number of aliphatic carboxylic acids is 1. The Balaban J connectivity index is 2.35. The van der Waals surface area contributed by atoms with Gasteiger partial charge in [-0.3, -0.25) is 9.78 Å². The van der Waals surface area contributed by atoms with Gasteiger partial charge in [0.2, 0.25) is 0 Å². The summed E-state index contributed by atoms with van der Waals surface area (Å²) in [7, 11) is 0. The van der Waals surface area contributed by atoms with E-state index in [0.717, 1.165) is 0 Å². The number of pyridine rings is 1. The van der Waals surface area contributed by atoms with E-state index in [1.165, 1.54) is 6.20 Å². The van der Waals surface area contributed by atoms with Crippen molar-refractivity contribution in [1.29, 1.82) is 0 Å². The first-order valence-electron chi connectivity index (χ1n) is 7.15. The van der Waals surface area contributed by atoms with Gasteiger partial charge in [0.1, 0.15) is 0 Å². The largest absolute Gasteiger partial charge is 0.481 e. The number of halogens is 2. The first-order valence-corrected chi connectivity index (χ1v) is 7.91. The maximum Gasteiger partial charge on any atom is 0.306 e. The van der Waals surface area contributed by atoms with Crippen LogP contribution in [0, 0.1) is 5.92 Å². The van der Waals surface area contributed by atoms with Crippen LogP contribution in [-0.4, -0.2) is 21.2 Å². The van der Waals surface area contributed by atoms with E-state index in [9.17, 15) is 15.0 Å². The summed E-state index contributed by atoms with van der Waals surface area (Å²) in [5, 5.41) is 20.9. The van der Waals surface area contributed by atoms with Gasteiger partial charge >= 0.3 is 5.97 Å². The van der Waals surface area contributed by atoms with Gasteiger partial charge in [0.05, 0.1) is 17.0 Å². The first kappa shape index (κ1) is 17.7. The Kier molecular flexibility index (Phi) is 5.99. The van der Waals surface area contributed by atoms with Gasteiger partial charge in [-0.2, -0.15) is 0 Å². The van der Waals surface area contributed by atoms with Crippen LogP contribution in [0.5, 0.6) is 0 Å². The lowest BCUT2D eigenvalue weighted by Gasteiger charge is -2.25. The van der Waals surface area contributed by atoms with Gasteiger partial charge < -0.3 is 10.2 Å². The molecule has 0 aliphatic carbocycles. The molecule has 23 heavy (non-hydrogen) atoms. The van der Waals surface area contributed by atoms with E-state index >= 15 is 0 Å². The van der Waals surface area contributed by atoms with Crippen molar-refractivity contribution >= 4 is 29.2 Å². The number of aliphatic hydroxyl groups is 1. The predicted molar refractivity (Wildman–Crippen MR) is 89.8 cm³/mol. The SMILES string of the molecule is CC(C[C@@H](c1cncc(Cl)c1)[C@H](O)c1ccc(Cl)cc1)C(=O)O. The van der Waals surface area contributed by atoms with Crippen LogP contribution in [0.25, 0.3) is 0 Å². The van der Waals surface area contributed by atoms with Crippen molar-refractivity contribution in [2.24, 2.45) is 5.92 Å². The average Bonchev–Trinajstić information content (AvgIpc) is 2.52. The first-order chi connectivity index (χ1) is 10.9. The smallest absolute Gasteiger partial charge is 0.306 e. The molecule has 4 nitrogen and oxygen atoms in total. The number of carbonyl (C=O) groups is 1. The number of aromatic nitrogens is 1. The zero-order chi connectivity index (χ0) is 17.0. The number of hydrogen-bond donors (Lipinski definition) is 2. The Hall–Kier alpha value is -1.62. The van der Waals surface area contributed by atoms with E-state index in [2.05, 4.69) is 4.98 Å². The number of hydrogen-bond acceptors (Lipinski definition) is 3. The molecule has 0 spiro atoms. The number of nitrogens with zero attached hydrogens (tertiary/aromatic N) is 1. The van der Waals surface area contributed by atoms with E-state index in [1.807, 2.05) is 0 Å². The number of carboxylic acids is 1. The summed E-state index contributed by atoms with van der Waals surface area (Å²) in [5.74, 6) is -1.96. The van der Waals surface area contributed by atoms with Crippen LogP contribution in [0.1, 0.15) is 36.5 Å². The van der Waals surface area contributed by atoms with Gasteiger partial charge in [-0.05, 0) is 35.7 Å². The van der Waals surface area contributed by atoms with Crippen LogP contribution in [-0.2, 0) is 4.79 Å². The second-order valence-corrected chi connectivity index (χ2v) is 6.39. The quantitative estimate of drug-likeness (QED) is 0.811. The lowest BCUT2D eigenvalue weighted by Crippen LogP contribution is -2.19. The molecule has 122 valence electrons. The van der Waals surface area contributed by atoms with Gasteiger partial charge in [-0.15, -0.1) is 0 Å². The Labute approximate surface area is 144 Å². The van der Waals surface area contributed by atoms with E-state index < -0.39 is 23.9 Å². The fraction of sp³-hybridized carbons (Fsp3) is 0.294. The Morgan fingerprint density at radius 2 is 1.78 bits per heavy atom. The Bertz CT molecular complexity index is 676. The van der Waals surface area contributed by atoms with Crippen LogP contribution in [0.2, 0.25) is 10.0 Å². The Morgan fingerprint density at radius 1 is 1.13 bits per heavy atom. The third-order valence-corrected chi connectivity index (χ3v) is 4.23. The predicted octanol–water partition coefficient (Wildman–Crippen LogP) is 4.32. The van der Waals surface area contributed by atoms with Gasteiger partial charge in [-0.25, -0.2) is 0 Å². The molecule has 1 unspecified atom stereocenters. The van der Waals surface area contributed by atoms with Gasteiger partial charge in [-0.1, -0.05) is 42.3 Å². The molecule has 0 aliphatic heterocycles. The summed E-state index contributed by atoms with van der Waals surface area (Å²) < 4.78 is 0. The molecule has 0 bridgehead atoms. The number of rotatable bonds is 6. The highest BCUT2D eigenvalue weighted by atomic mass is 35.5. The maximum absolute atomic E-state index is 11.2. The van der Waals surface area contributed by atoms with Gasteiger partial charge in [0.25, 0.3) is 0 Å². The fourth-order valence-electron chi connectivity index (χ4n) is 2.45. The fourth-order valence-corrected chi connectivity index (χ4v) is 2.76. The molecule has 2 N–H and O–H groups in total. The highest BCUT2D eigenvalue weighted by Crippen LogP contribution is 2.37. The van der Waals surface area contributed by atoms with Crippen molar-refractivity contribution in [3.63, 3.8) is 0 Å². The average molecular weight is 354 g/mol. The van der Waals surface area contributed by atoms with Crippen molar-refractivity contribution < 1.29 is 15.0 Å². The molecule has 0 saturated heterocycles. The number of aliphatic hydroxyl groups excluding tert-OH is 1. The lowest BCUT2D eigenvalue weighted by molar-refractivity contribution is -0.141. The topological polar surface area (TPSA) is 70.4 Å². The summed E-state index contributed by atoms with van der Waals surface area (Å²) in [4.78, 5) is 15.2. The van der Waals surface area contributed by atoms with Crippen molar-refractivity contribution in [2.75, 3.05) is 0 Å². The molecule has 2 rings (SSSR count). The molecule has 2 aromatic rings. The summed E-state index contributed by atoms with van der Waals surface area (Å²) in [5.41, 5.74) is 1.37. The van der Waals surface area contributed by atoms with Crippen molar-refractivity contribution in [3.8, 4) is 0 Å². The van der Waals surface area contributed by atoms with Gasteiger partial charge in [0.15, 0.2) is 0 Å². The van der Waals surface area contributed by atoms with Crippen molar-refractivity contribution in [1.82, 2.24) is 4.98 Å². The second kappa shape index (κ2) is 7.77. The molecule has 0 radical (unpaired) electrons.